The van der Waals surface area contributed by atoms with E-state index in [-0.39, 0.29) is 17.8 Å². The lowest BCUT2D eigenvalue weighted by atomic mass is 10.1. The summed E-state index contributed by atoms with van der Waals surface area (Å²) in [6, 6.07) is 19.1. The number of ether oxygens (including phenoxy) is 3. The number of methoxy groups -OCH3 is 3. The molecule has 0 fully saturated rings. The maximum absolute atomic E-state index is 13.5. The van der Waals surface area contributed by atoms with Gasteiger partial charge in [-0.3, -0.25) is 9.10 Å². The van der Waals surface area contributed by atoms with Gasteiger partial charge in [0.25, 0.3) is 5.91 Å². The fraction of sp³-hybridized carbons (Fsp3) is 0.269. The summed E-state index contributed by atoms with van der Waals surface area (Å²) in [5.41, 5.74) is 1.86. The lowest BCUT2D eigenvalue weighted by Crippen LogP contribution is -2.33. The van der Waals surface area contributed by atoms with Gasteiger partial charge in [0.2, 0.25) is 10.0 Å². The molecule has 0 radical (unpaired) electrons. The van der Waals surface area contributed by atoms with Crippen LogP contribution in [0.3, 0.4) is 0 Å². The summed E-state index contributed by atoms with van der Waals surface area (Å²) >= 11 is 0. The number of hydrogen-bond acceptors (Lipinski definition) is 6. The number of anilines is 1. The van der Waals surface area contributed by atoms with Gasteiger partial charge in [0, 0.05) is 11.6 Å². The Balaban J connectivity index is 2.09. The van der Waals surface area contributed by atoms with Gasteiger partial charge in [0.05, 0.1) is 51.4 Å². The lowest BCUT2D eigenvalue weighted by Gasteiger charge is -2.26. The van der Waals surface area contributed by atoms with Crippen LogP contribution in [0, 0.1) is 0 Å². The van der Waals surface area contributed by atoms with E-state index in [0.717, 1.165) is 17.4 Å². The van der Waals surface area contributed by atoms with Crippen molar-refractivity contribution in [3.05, 3.63) is 83.4 Å². The monoisotopic (exact) mass is 498 g/mol. The molecule has 1 N–H and O–H groups in total. The Morgan fingerprint density at radius 2 is 1.46 bits per heavy atom. The van der Waals surface area contributed by atoms with Crippen molar-refractivity contribution in [2.45, 2.75) is 19.5 Å². The first-order chi connectivity index (χ1) is 16.7. The molecular formula is C26H30N2O6S. The number of nitrogens with one attached hydrogen (secondary N) is 1. The molecule has 186 valence electrons. The number of carbonyl (C=O) groups is 1. The number of sulfonamides is 1. The molecule has 0 bridgehead atoms. The third-order valence-corrected chi connectivity index (χ3v) is 6.66. The smallest absolute Gasteiger partial charge is 0.254 e. The molecule has 1 amide bonds. The van der Waals surface area contributed by atoms with Gasteiger partial charge in [-0.15, -0.1) is 0 Å². The van der Waals surface area contributed by atoms with Gasteiger partial charge in [-0.2, -0.15) is 0 Å². The van der Waals surface area contributed by atoms with Crippen molar-refractivity contribution in [3.8, 4) is 17.2 Å². The van der Waals surface area contributed by atoms with Crippen molar-refractivity contribution in [1.29, 1.82) is 0 Å². The molecular weight excluding hydrogens is 468 g/mol. The fourth-order valence-corrected chi connectivity index (χ4v) is 4.66. The van der Waals surface area contributed by atoms with Gasteiger partial charge in [0.15, 0.2) is 11.5 Å². The Hall–Kier alpha value is -3.72. The summed E-state index contributed by atoms with van der Waals surface area (Å²) in [7, 11) is 0.697. The van der Waals surface area contributed by atoms with Crippen LogP contribution >= 0.6 is 0 Å². The Bertz CT molecular complexity index is 1280. The molecule has 8 nitrogen and oxygen atoms in total. The third kappa shape index (κ3) is 6.05. The van der Waals surface area contributed by atoms with Crippen molar-refractivity contribution in [1.82, 2.24) is 5.32 Å². The van der Waals surface area contributed by atoms with Crippen LogP contribution in [0.1, 0.15) is 34.5 Å². The molecule has 0 spiro atoms. The van der Waals surface area contributed by atoms with E-state index in [1.165, 1.54) is 30.7 Å². The summed E-state index contributed by atoms with van der Waals surface area (Å²) in [6.07, 6.45) is 1.10. The molecule has 0 saturated heterocycles. The number of rotatable bonds is 10. The van der Waals surface area contributed by atoms with Gasteiger partial charge in [-0.05, 0) is 24.6 Å². The predicted octanol–water partition coefficient (Wildman–Crippen LogP) is 4.17. The number of nitrogens with zero attached hydrogens (tertiary/aromatic N) is 1. The lowest BCUT2D eigenvalue weighted by molar-refractivity contribution is 0.0939. The van der Waals surface area contributed by atoms with Crippen molar-refractivity contribution >= 4 is 21.6 Å². The van der Waals surface area contributed by atoms with Crippen LogP contribution in [0.15, 0.2) is 66.7 Å². The van der Waals surface area contributed by atoms with Gasteiger partial charge in [-0.1, -0.05) is 48.5 Å². The van der Waals surface area contributed by atoms with Gasteiger partial charge in [0.1, 0.15) is 5.75 Å². The SMILES string of the molecule is COc1cc(C(=O)N[C@@H](C)c2ccccc2OC)c(N(Cc2ccccc2)S(C)(=O)=O)cc1OC. The third-order valence-electron chi connectivity index (χ3n) is 5.54. The van der Waals surface area contributed by atoms with Crippen LogP contribution in [0.25, 0.3) is 0 Å². The van der Waals surface area contributed by atoms with Gasteiger partial charge >= 0.3 is 0 Å². The number of para-hydroxylation sites is 1. The van der Waals surface area contributed by atoms with E-state index in [4.69, 9.17) is 14.2 Å². The predicted molar refractivity (Wildman–Crippen MR) is 136 cm³/mol. The highest BCUT2D eigenvalue weighted by Gasteiger charge is 2.27. The molecule has 3 aromatic carbocycles. The molecule has 9 heteroatoms. The van der Waals surface area contributed by atoms with Crippen molar-refractivity contribution in [2.75, 3.05) is 31.9 Å². The second-order valence-electron chi connectivity index (χ2n) is 7.92. The van der Waals surface area contributed by atoms with E-state index in [0.29, 0.717) is 17.2 Å². The second kappa shape index (κ2) is 11.1. The van der Waals surface area contributed by atoms with Crippen molar-refractivity contribution in [2.24, 2.45) is 0 Å². The molecule has 35 heavy (non-hydrogen) atoms. The topological polar surface area (TPSA) is 94.2 Å². The van der Waals surface area contributed by atoms with E-state index in [2.05, 4.69) is 5.32 Å². The minimum absolute atomic E-state index is 0.0392. The highest BCUT2D eigenvalue weighted by Crippen LogP contribution is 2.37. The first-order valence-electron chi connectivity index (χ1n) is 10.9. The maximum Gasteiger partial charge on any atom is 0.254 e. The Labute approximate surface area is 206 Å². The summed E-state index contributed by atoms with van der Waals surface area (Å²) in [4.78, 5) is 13.5. The number of hydrogen-bond donors (Lipinski definition) is 1. The van der Waals surface area contributed by atoms with E-state index in [1.807, 2.05) is 61.5 Å². The molecule has 0 heterocycles. The second-order valence-corrected chi connectivity index (χ2v) is 9.82. The van der Waals surface area contributed by atoms with Crippen LogP contribution in [0.4, 0.5) is 5.69 Å². The van der Waals surface area contributed by atoms with Crippen molar-refractivity contribution < 1.29 is 27.4 Å². The van der Waals surface area contributed by atoms with E-state index in [9.17, 15) is 13.2 Å². The standard InChI is InChI=1S/C26H30N2O6S/c1-18(20-13-9-10-14-23(20)32-2)27-26(29)21-15-24(33-3)25(34-4)16-22(21)28(35(5,30)31)17-19-11-7-6-8-12-19/h6-16,18H,17H2,1-5H3,(H,27,29)/t18-/m0/s1. The summed E-state index contributed by atoms with van der Waals surface area (Å²) < 4.78 is 43.2. The maximum atomic E-state index is 13.5. The molecule has 0 aliphatic carbocycles. The molecule has 1 atom stereocenters. The van der Waals surface area contributed by atoms with Crippen LogP contribution in [0.2, 0.25) is 0 Å². The zero-order valence-electron chi connectivity index (χ0n) is 20.4. The van der Waals surface area contributed by atoms with Crippen molar-refractivity contribution in [3.63, 3.8) is 0 Å². The average Bonchev–Trinajstić information content (AvgIpc) is 2.86. The summed E-state index contributed by atoms with van der Waals surface area (Å²) in [6.45, 7) is 1.87. The van der Waals surface area contributed by atoms with E-state index < -0.39 is 22.0 Å². The van der Waals surface area contributed by atoms with Gasteiger partial charge < -0.3 is 19.5 Å². The van der Waals surface area contributed by atoms with Gasteiger partial charge in [-0.25, -0.2) is 8.42 Å². The average molecular weight is 499 g/mol. The number of carbonyl (C=O) groups excluding carboxylic acids is 1. The number of amides is 1. The molecule has 0 saturated carbocycles. The Morgan fingerprint density at radius 1 is 0.886 bits per heavy atom. The summed E-state index contributed by atoms with van der Waals surface area (Å²) in [5.74, 6) is 0.772. The van der Waals surface area contributed by atoms with Crippen LogP contribution in [-0.4, -0.2) is 41.9 Å². The minimum atomic E-state index is -3.77. The normalized spacial score (nSPS) is 11.9. The highest BCUT2D eigenvalue weighted by molar-refractivity contribution is 7.92. The zero-order chi connectivity index (χ0) is 25.6. The first kappa shape index (κ1) is 25.9. The molecule has 0 aliphatic rings. The zero-order valence-corrected chi connectivity index (χ0v) is 21.3. The fourth-order valence-electron chi connectivity index (χ4n) is 3.76. The Morgan fingerprint density at radius 3 is 2.06 bits per heavy atom. The molecule has 0 aliphatic heterocycles. The summed E-state index contributed by atoms with van der Waals surface area (Å²) in [5, 5.41) is 2.95. The number of benzene rings is 3. The van der Waals surface area contributed by atoms with E-state index in [1.54, 1.807) is 7.11 Å². The van der Waals surface area contributed by atoms with Crippen LogP contribution in [0.5, 0.6) is 17.2 Å². The molecule has 0 aromatic heterocycles. The minimum Gasteiger partial charge on any atom is -0.496 e. The molecule has 0 unspecified atom stereocenters. The largest absolute Gasteiger partial charge is 0.496 e. The quantitative estimate of drug-likeness (QED) is 0.451. The Kier molecular flexibility index (Phi) is 8.24. The highest BCUT2D eigenvalue weighted by atomic mass is 32.2. The molecule has 3 aromatic rings. The van der Waals surface area contributed by atoms with Crippen LogP contribution < -0.4 is 23.8 Å². The van der Waals surface area contributed by atoms with E-state index >= 15 is 0 Å². The van der Waals surface area contributed by atoms with Crippen LogP contribution in [-0.2, 0) is 16.6 Å². The first-order valence-corrected chi connectivity index (χ1v) is 12.8. The molecule has 3 rings (SSSR count).